The number of rotatable bonds is 6. The van der Waals surface area contributed by atoms with Crippen LogP contribution in [-0.2, 0) is 16.1 Å². The molecule has 5 heteroatoms. The first kappa shape index (κ1) is 16.7. The van der Waals surface area contributed by atoms with Gasteiger partial charge in [-0.25, -0.2) is 4.79 Å². The second-order valence-corrected chi connectivity index (χ2v) is 6.66. The van der Waals surface area contributed by atoms with Crippen molar-refractivity contribution in [2.45, 2.75) is 33.5 Å². The molecule has 1 atom stereocenters. The molecule has 3 aromatic rings. The fourth-order valence-corrected chi connectivity index (χ4v) is 3.53. The van der Waals surface area contributed by atoms with Crippen LogP contribution >= 0.6 is 11.3 Å². The van der Waals surface area contributed by atoms with Gasteiger partial charge in [-0.05, 0) is 56.0 Å². The van der Waals surface area contributed by atoms with Crippen molar-refractivity contribution in [3.8, 4) is 0 Å². The number of aromatic nitrogens is 1. The second kappa shape index (κ2) is 7.20. The first-order chi connectivity index (χ1) is 11.6. The van der Waals surface area contributed by atoms with Gasteiger partial charge in [-0.1, -0.05) is 6.07 Å². The summed E-state index contributed by atoms with van der Waals surface area (Å²) in [5.41, 5.74) is 3.45. The molecule has 0 spiro atoms. The van der Waals surface area contributed by atoms with Gasteiger partial charge in [0.2, 0.25) is 0 Å². The molecule has 0 radical (unpaired) electrons. The largest absolute Gasteiger partial charge is 0.462 e. The van der Waals surface area contributed by atoms with E-state index in [0.717, 1.165) is 16.8 Å². The number of thiophene rings is 1. The normalized spacial score (nSPS) is 12.5. The molecule has 3 rings (SSSR count). The fraction of sp³-hybridized carbons (Fsp3) is 0.316. The summed E-state index contributed by atoms with van der Waals surface area (Å²) in [6.45, 7) is 6.71. The number of nitrogens with zero attached hydrogens (tertiary/aromatic N) is 1. The van der Waals surface area contributed by atoms with Crippen molar-refractivity contribution in [2.24, 2.45) is 0 Å². The van der Waals surface area contributed by atoms with E-state index in [9.17, 15) is 4.79 Å². The van der Waals surface area contributed by atoms with E-state index in [1.807, 2.05) is 56.6 Å². The third kappa shape index (κ3) is 3.23. The van der Waals surface area contributed by atoms with Gasteiger partial charge >= 0.3 is 5.97 Å². The number of esters is 1. The highest BCUT2D eigenvalue weighted by Gasteiger charge is 2.20. The van der Waals surface area contributed by atoms with E-state index in [-0.39, 0.29) is 12.1 Å². The summed E-state index contributed by atoms with van der Waals surface area (Å²) in [4.78, 5) is 13.5. The second-order valence-electron chi connectivity index (χ2n) is 5.62. The zero-order valence-corrected chi connectivity index (χ0v) is 14.9. The topological polar surface area (TPSA) is 39.9 Å². The third-order valence-corrected chi connectivity index (χ3v) is 4.91. The van der Waals surface area contributed by atoms with E-state index in [4.69, 9.17) is 9.47 Å². The minimum absolute atomic E-state index is 0.142. The van der Waals surface area contributed by atoms with Gasteiger partial charge in [0.25, 0.3) is 0 Å². The standard InChI is InChI=1S/C19H21NO3S/c1-4-22-19(21)17-11-15-7-5-9-20(15)18(13(17)2)14(3)23-12-16-8-6-10-24-16/h5-11,14H,4,12H2,1-3H3. The summed E-state index contributed by atoms with van der Waals surface area (Å²) < 4.78 is 13.3. The fourth-order valence-electron chi connectivity index (χ4n) is 2.91. The van der Waals surface area contributed by atoms with Crippen LogP contribution in [-0.4, -0.2) is 17.0 Å². The van der Waals surface area contributed by atoms with Crippen LogP contribution in [0.25, 0.3) is 5.52 Å². The predicted octanol–water partition coefficient (Wildman–Crippen LogP) is 4.76. The molecule has 1 unspecified atom stereocenters. The average molecular weight is 343 g/mol. The van der Waals surface area contributed by atoms with Crippen molar-refractivity contribution in [3.05, 3.63) is 63.6 Å². The average Bonchev–Trinajstić information content (AvgIpc) is 3.23. The van der Waals surface area contributed by atoms with Gasteiger partial charge in [0.15, 0.2) is 0 Å². The van der Waals surface area contributed by atoms with Crippen LogP contribution in [0, 0.1) is 6.92 Å². The monoisotopic (exact) mass is 343 g/mol. The molecular formula is C19H21NO3S. The van der Waals surface area contributed by atoms with Crippen LogP contribution < -0.4 is 0 Å². The Bertz CT molecular complexity index is 836. The molecule has 0 amide bonds. The minimum Gasteiger partial charge on any atom is -0.462 e. The quantitative estimate of drug-likeness (QED) is 0.606. The number of carbonyl (C=O) groups excluding carboxylic acids is 1. The molecule has 0 N–H and O–H groups in total. The molecule has 4 nitrogen and oxygen atoms in total. The molecule has 3 heterocycles. The Morgan fingerprint density at radius 1 is 1.33 bits per heavy atom. The van der Waals surface area contributed by atoms with E-state index in [2.05, 4.69) is 10.5 Å². The van der Waals surface area contributed by atoms with Gasteiger partial charge in [0, 0.05) is 16.6 Å². The lowest BCUT2D eigenvalue weighted by molar-refractivity contribution is 0.0489. The summed E-state index contributed by atoms with van der Waals surface area (Å²) in [6.07, 6.45) is 1.86. The van der Waals surface area contributed by atoms with E-state index in [0.29, 0.717) is 18.8 Å². The molecule has 0 aliphatic heterocycles. The van der Waals surface area contributed by atoms with Crippen molar-refractivity contribution in [3.63, 3.8) is 0 Å². The molecule has 126 valence electrons. The van der Waals surface area contributed by atoms with Gasteiger partial charge in [0.1, 0.15) is 0 Å². The Hall–Kier alpha value is -2.11. The van der Waals surface area contributed by atoms with Crippen molar-refractivity contribution in [1.82, 2.24) is 4.40 Å². The zero-order chi connectivity index (χ0) is 17.1. The van der Waals surface area contributed by atoms with Crippen LogP contribution in [0.15, 0.2) is 41.9 Å². The Morgan fingerprint density at radius 3 is 2.88 bits per heavy atom. The molecule has 24 heavy (non-hydrogen) atoms. The molecule has 0 fully saturated rings. The SMILES string of the molecule is CCOC(=O)c1cc2cccn2c(C(C)OCc2cccs2)c1C. The number of fused-ring (bicyclic) bond motifs is 1. The highest BCUT2D eigenvalue weighted by Crippen LogP contribution is 2.28. The molecule has 0 saturated carbocycles. The van der Waals surface area contributed by atoms with Crippen molar-refractivity contribution < 1.29 is 14.3 Å². The van der Waals surface area contributed by atoms with E-state index in [1.165, 1.54) is 4.88 Å². The van der Waals surface area contributed by atoms with E-state index >= 15 is 0 Å². The maximum absolute atomic E-state index is 12.3. The Labute approximate surface area is 145 Å². The number of ether oxygens (including phenoxy) is 2. The molecule has 0 aliphatic carbocycles. The molecular weight excluding hydrogens is 322 g/mol. The van der Waals surface area contributed by atoms with Gasteiger partial charge < -0.3 is 13.9 Å². The third-order valence-electron chi connectivity index (χ3n) is 4.06. The smallest absolute Gasteiger partial charge is 0.338 e. The summed E-state index contributed by atoms with van der Waals surface area (Å²) in [5.74, 6) is -0.287. The molecule has 0 bridgehead atoms. The zero-order valence-electron chi connectivity index (χ0n) is 14.1. The first-order valence-electron chi connectivity index (χ1n) is 8.03. The number of pyridine rings is 1. The highest BCUT2D eigenvalue weighted by molar-refractivity contribution is 7.09. The predicted molar refractivity (Wildman–Crippen MR) is 95.6 cm³/mol. The van der Waals surface area contributed by atoms with Gasteiger partial charge in [-0.3, -0.25) is 0 Å². The van der Waals surface area contributed by atoms with Crippen LogP contribution in [0.3, 0.4) is 0 Å². The van der Waals surface area contributed by atoms with Gasteiger partial charge in [-0.15, -0.1) is 11.3 Å². The lowest BCUT2D eigenvalue weighted by atomic mass is 10.0. The molecule has 3 aromatic heterocycles. The summed E-state index contributed by atoms with van der Waals surface area (Å²) in [5, 5.41) is 2.04. The number of hydrogen-bond acceptors (Lipinski definition) is 4. The molecule has 0 aromatic carbocycles. The first-order valence-corrected chi connectivity index (χ1v) is 8.91. The molecule has 0 aliphatic rings. The lowest BCUT2D eigenvalue weighted by Crippen LogP contribution is -2.14. The Morgan fingerprint density at radius 2 is 2.17 bits per heavy atom. The van der Waals surface area contributed by atoms with Crippen molar-refractivity contribution in [1.29, 1.82) is 0 Å². The number of carbonyl (C=O) groups is 1. The Balaban J connectivity index is 1.96. The van der Waals surface area contributed by atoms with Crippen LogP contribution in [0.2, 0.25) is 0 Å². The van der Waals surface area contributed by atoms with Crippen LogP contribution in [0.1, 0.15) is 46.4 Å². The van der Waals surface area contributed by atoms with Gasteiger partial charge in [-0.2, -0.15) is 0 Å². The summed E-state index contributed by atoms with van der Waals surface area (Å²) >= 11 is 1.68. The Kier molecular flexibility index (Phi) is 5.02. The summed E-state index contributed by atoms with van der Waals surface area (Å²) in [6, 6.07) is 9.91. The highest BCUT2D eigenvalue weighted by atomic mass is 32.1. The molecule has 0 saturated heterocycles. The van der Waals surface area contributed by atoms with Gasteiger partial charge in [0.05, 0.1) is 30.6 Å². The minimum atomic E-state index is -0.287. The lowest BCUT2D eigenvalue weighted by Gasteiger charge is -2.20. The number of hydrogen-bond donors (Lipinski definition) is 0. The maximum Gasteiger partial charge on any atom is 0.338 e. The van der Waals surface area contributed by atoms with Crippen molar-refractivity contribution in [2.75, 3.05) is 6.61 Å². The van der Waals surface area contributed by atoms with Crippen LogP contribution in [0.4, 0.5) is 0 Å². The van der Waals surface area contributed by atoms with E-state index < -0.39 is 0 Å². The summed E-state index contributed by atoms with van der Waals surface area (Å²) in [7, 11) is 0. The van der Waals surface area contributed by atoms with Crippen LogP contribution in [0.5, 0.6) is 0 Å². The van der Waals surface area contributed by atoms with Crippen molar-refractivity contribution >= 4 is 22.8 Å². The maximum atomic E-state index is 12.3. The van der Waals surface area contributed by atoms with E-state index in [1.54, 1.807) is 11.3 Å².